The van der Waals surface area contributed by atoms with Gasteiger partial charge >= 0.3 is 0 Å². The second-order valence-electron chi connectivity index (χ2n) is 8.58. The smallest absolute Gasteiger partial charge is 0.237 e. The zero-order chi connectivity index (χ0) is 23.3. The van der Waals surface area contributed by atoms with Gasteiger partial charge < -0.3 is 9.88 Å². The van der Waals surface area contributed by atoms with Crippen LogP contribution in [0.5, 0.6) is 0 Å². The highest BCUT2D eigenvalue weighted by Crippen LogP contribution is 2.27. The Morgan fingerprint density at radius 2 is 1.82 bits per heavy atom. The van der Waals surface area contributed by atoms with Crippen LogP contribution in [0.2, 0.25) is 0 Å². The summed E-state index contributed by atoms with van der Waals surface area (Å²) in [7, 11) is 0. The summed E-state index contributed by atoms with van der Waals surface area (Å²) >= 11 is 1.44. The summed E-state index contributed by atoms with van der Waals surface area (Å²) in [6, 6.07) is 19.9. The van der Waals surface area contributed by atoms with Gasteiger partial charge in [0.25, 0.3) is 0 Å². The fourth-order valence-electron chi connectivity index (χ4n) is 4.25. The van der Waals surface area contributed by atoms with Crippen LogP contribution in [0, 0.1) is 0 Å². The van der Waals surface area contributed by atoms with E-state index in [0.29, 0.717) is 6.54 Å². The monoisotopic (exact) mass is 472 g/mol. The fourth-order valence-corrected chi connectivity index (χ4v) is 5.11. The van der Waals surface area contributed by atoms with E-state index in [4.69, 9.17) is 0 Å². The van der Waals surface area contributed by atoms with Crippen LogP contribution in [0.25, 0.3) is 10.9 Å². The molecule has 1 fully saturated rings. The first-order valence-corrected chi connectivity index (χ1v) is 12.5. The number of pyridine rings is 1. The summed E-state index contributed by atoms with van der Waals surface area (Å²) in [6.07, 6.45) is 4.22. The Labute approximate surface area is 203 Å². The number of hydrogen-bond donors (Lipinski definition) is 1. The molecule has 1 unspecified atom stereocenters. The molecule has 7 nitrogen and oxygen atoms in total. The maximum absolute atomic E-state index is 13.1. The third-order valence-electron chi connectivity index (χ3n) is 6.10. The van der Waals surface area contributed by atoms with Crippen LogP contribution in [0.15, 0.2) is 72.0 Å². The third-order valence-corrected chi connectivity index (χ3v) is 7.18. The minimum absolute atomic E-state index is 0.0725. The second-order valence-corrected chi connectivity index (χ2v) is 9.89. The minimum Gasteiger partial charge on any atom is -0.324 e. The summed E-state index contributed by atoms with van der Waals surface area (Å²) in [5.74, 6) is 0.873. The van der Waals surface area contributed by atoms with E-state index in [-0.39, 0.29) is 11.2 Å². The number of nitrogens with zero attached hydrogens (tertiary/aromatic N) is 5. The third kappa shape index (κ3) is 5.13. The van der Waals surface area contributed by atoms with Crippen LogP contribution in [0.1, 0.15) is 31.2 Å². The molecule has 1 saturated heterocycles. The van der Waals surface area contributed by atoms with Crippen LogP contribution in [-0.2, 0) is 17.9 Å². The zero-order valence-corrected chi connectivity index (χ0v) is 20.0. The van der Waals surface area contributed by atoms with Crippen molar-refractivity contribution in [1.82, 2.24) is 24.6 Å². The molecule has 0 radical (unpaired) electrons. The summed E-state index contributed by atoms with van der Waals surface area (Å²) in [5, 5.41) is 13.4. The van der Waals surface area contributed by atoms with Crippen LogP contribution in [-0.4, -0.2) is 48.9 Å². The molecule has 174 valence electrons. The molecule has 3 heterocycles. The maximum Gasteiger partial charge on any atom is 0.237 e. The summed E-state index contributed by atoms with van der Waals surface area (Å²) in [6.45, 7) is 5.57. The van der Waals surface area contributed by atoms with Crippen molar-refractivity contribution in [3.63, 3.8) is 0 Å². The Hall–Kier alpha value is -3.23. The van der Waals surface area contributed by atoms with E-state index in [1.54, 1.807) is 6.20 Å². The van der Waals surface area contributed by atoms with Crippen LogP contribution >= 0.6 is 11.8 Å². The number of carbonyl (C=O) groups is 1. The normalized spacial score (nSPS) is 15.0. The number of thioether (sulfide) groups is 1. The van der Waals surface area contributed by atoms with E-state index in [1.165, 1.54) is 30.2 Å². The van der Waals surface area contributed by atoms with E-state index >= 15 is 0 Å². The van der Waals surface area contributed by atoms with Gasteiger partial charge in [-0.05, 0) is 62.7 Å². The molecular weight excluding hydrogens is 444 g/mol. The SMILES string of the molecule is CC(Sc1nnc(CN2CCCC2)n1Cc1ccccc1)C(=O)Nc1cccc2ncccc12. The van der Waals surface area contributed by atoms with Crippen LogP contribution < -0.4 is 5.32 Å². The lowest BCUT2D eigenvalue weighted by Gasteiger charge is -2.17. The van der Waals surface area contributed by atoms with Crippen molar-refractivity contribution in [3.05, 3.63) is 78.2 Å². The van der Waals surface area contributed by atoms with Gasteiger partial charge in [0.2, 0.25) is 5.91 Å². The number of benzene rings is 2. The van der Waals surface area contributed by atoms with Crippen molar-refractivity contribution in [2.45, 2.75) is 43.3 Å². The van der Waals surface area contributed by atoms with E-state index in [0.717, 1.165) is 47.2 Å². The number of carbonyl (C=O) groups excluding carboxylic acids is 1. The lowest BCUT2D eigenvalue weighted by atomic mass is 10.2. The predicted molar refractivity (Wildman–Crippen MR) is 136 cm³/mol. The van der Waals surface area contributed by atoms with Crippen molar-refractivity contribution >= 4 is 34.3 Å². The number of anilines is 1. The van der Waals surface area contributed by atoms with Crippen molar-refractivity contribution in [3.8, 4) is 0 Å². The van der Waals surface area contributed by atoms with E-state index < -0.39 is 0 Å². The molecule has 34 heavy (non-hydrogen) atoms. The molecule has 1 N–H and O–H groups in total. The van der Waals surface area contributed by atoms with Crippen molar-refractivity contribution in [2.75, 3.05) is 18.4 Å². The molecule has 1 aliphatic heterocycles. The minimum atomic E-state index is -0.342. The van der Waals surface area contributed by atoms with Gasteiger partial charge in [0, 0.05) is 11.6 Å². The number of rotatable bonds is 8. The maximum atomic E-state index is 13.1. The largest absolute Gasteiger partial charge is 0.324 e. The Kier molecular flexibility index (Phi) is 6.87. The first kappa shape index (κ1) is 22.6. The van der Waals surface area contributed by atoms with Crippen LogP contribution in [0.4, 0.5) is 5.69 Å². The lowest BCUT2D eigenvalue weighted by molar-refractivity contribution is -0.115. The van der Waals surface area contributed by atoms with E-state index in [9.17, 15) is 4.79 Å². The van der Waals surface area contributed by atoms with E-state index in [2.05, 4.69) is 42.1 Å². The van der Waals surface area contributed by atoms with Gasteiger partial charge in [0.05, 0.1) is 29.5 Å². The van der Waals surface area contributed by atoms with Crippen molar-refractivity contribution in [2.24, 2.45) is 0 Å². The standard InChI is InChI=1S/C26H28N6OS/c1-19(25(33)28-23-13-7-12-22-21(23)11-8-14-27-22)34-26-30-29-24(18-31-15-5-6-16-31)32(26)17-20-9-3-2-4-10-20/h2-4,7-14,19H,5-6,15-18H2,1H3,(H,28,33). The van der Waals surface area contributed by atoms with Crippen LogP contribution in [0.3, 0.4) is 0 Å². The average molecular weight is 473 g/mol. The molecule has 0 spiro atoms. The highest BCUT2D eigenvalue weighted by molar-refractivity contribution is 8.00. The van der Waals surface area contributed by atoms with Gasteiger partial charge in [-0.1, -0.05) is 48.2 Å². The first-order chi connectivity index (χ1) is 16.7. The predicted octanol–water partition coefficient (Wildman–Crippen LogP) is 4.59. The van der Waals surface area contributed by atoms with E-state index in [1.807, 2.05) is 55.5 Å². The average Bonchev–Trinajstić information content (AvgIpc) is 3.51. The number of aromatic nitrogens is 4. The molecule has 1 atom stereocenters. The second kappa shape index (κ2) is 10.4. The Bertz CT molecular complexity index is 1260. The summed E-state index contributed by atoms with van der Waals surface area (Å²) < 4.78 is 2.16. The molecule has 1 amide bonds. The zero-order valence-electron chi connectivity index (χ0n) is 19.2. The number of fused-ring (bicyclic) bond motifs is 1. The van der Waals surface area contributed by atoms with Gasteiger partial charge in [-0.15, -0.1) is 10.2 Å². The molecule has 1 aliphatic rings. The first-order valence-electron chi connectivity index (χ1n) is 11.7. The quantitative estimate of drug-likeness (QED) is 0.378. The Morgan fingerprint density at radius 3 is 2.65 bits per heavy atom. The Balaban J connectivity index is 1.34. The fraction of sp³-hybridized carbons (Fsp3) is 0.308. The molecule has 5 rings (SSSR count). The van der Waals surface area contributed by atoms with Gasteiger partial charge in [0.1, 0.15) is 5.82 Å². The van der Waals surface area contributed by atoms with Gasteiger partial charge in [-0.2, -0.15) is 0 Å². The molecular formula is C26H28N6OS. The van der Waals surface area contributed by atoms with Gasteiger partial charge in [-0.3, -0.25) is 14.7 Å². The molecule has 0 bridgehead atoms. The summed E-state index contributed by atoms with van der Waals surface area (Å²) in [5.41, 5.74) is 2.81. The molecule has 0 aliphatic carbocycles. The number of hydrogen-bond acceptors (Lipinski definition) is 6. The lowest BCUT2D eigenvalue weighted by Crippen LogP contribution is -2.24. The summed E-state index contributed by atoms with van der Waals surface area (Å²) in [4.78, 5) is 19.9. The number of amides is 1. The highest BCUT2D eigenvalue weighted by atomic mass is 32.2. The topological polar surface area (TPSA) is 75.9 Å². The Morgan fingerprint density at radius 1 is 1.00 bits per heavy atom. The molecule has 2 aromatic heterocycles. The molecule has 4 aromatic rings. The number of likely N-dealkylation sites (tertiary alicyclic amines) is 1. The van der Waals surface area contributed by atoms with Crippen molar-refractivity contribution in [1.29, 1.82) is 0 Å². The van der Waals surface area contributed by atoms with Gasteiger partial charge in [-0.25, -0.2) is 0 Å². The highest BCUT2D eigenvalue weighted by Gasteiger charge is 2.23. The molecule has 0 saturated carbocycles. The van der Waals surface area contributed by atoms with Gasteiger partial charge in [0.15, 0.2) is 5.16 Å². The number of nitrogens with one attached hydrogen (secondary N) is 1. The molecule has 2 aromatic carbocycles. The molecule has 8 heteroatoms. The van der Waals surface area contributed by atoms with Crippen molar-refractivity contribution < 1.29 is 4.79 Å².